The highest BCUT2D eigenvalue weighted by atomic mass is 16.5. The second-order valence-corrected chi connectivity index (χ2v) is 5.04. The third-order valence-corrected chi connectivity index (χ3v) is 3.71. The maximum absolute atomic E-state index is 11.9. The first kappa shape index (κ1) is 13.6. The molecule has 6 nitrogen and oxygen atoms in total. The van der Waals surface area contributed by atoms with Gasteiger partial charge in [0.25, 0.3) is 5.91 Å². The lowest BCUT2D eigenvalue weighted by molar-refractivity contribution is -0.144. The van der Waals surface area contributed by atoms with E-state index in [1.165, 1.54) is 6.20 Å². The summed E-state index contributed by atoms with van der Waals surface area (Å²) in [5.74, 6) is -1.26. The average Bonchev–Trinajstić information content (AvgIpc) is 2.82. The minimum absolute atomic E-state index is 0.00146. The van der Waals surface area contributed by atoms with E-state index in [-0.39, 0.29) is 23.5 Å². The molecular formula is C13H18N2O4. The van der Waals surface area contributed by atoms with Gasteiger partial charge in [-0.1, -0.05) is 18.0 Å². The van der Waals surface area contributed by atoms with Crippen LogP contribution in [-0.2, 0) is 4.79 Å². The van der Waals surface area contributed by atoms with Crippen LogP contribution in [0.3, 0.4) is 0 Å². The van der Waals surface area contributed by atoms with Gasteiger partial charge >= 0.3 is 5.97 Å². The predicted molar refractivity (Wildman–Crippen MR) is 66.7 cm³/mol. The number of carboxylic acid groups (broad SMARTS) is 1. The summed E-state index contributed by atoms with van der Waals surface area (Å²) in [5, 5.41) is 15.5. The molecule has 2 unspecified atom stereocenters. The molecule has 1 aromatic heterocycles. The zero-order valence-corrected chi connectivity index (χ0v) is 10.9. The number of nitrogens with zero attached hydrogens (tertiary/aromatic N) is 1. The highest BCUT2D eigenvalue weighted by molar-refractivity contribution is 5.92. The van der Waals surface area contributed by atoms with Gasteiger partial charge in [-0.3, -0.25) is 9.59 Å². The Hall–Kier alpha value is -1.85. The van der Waals surface area contributed by atoms with Gasteiger partial charge in [0.1, 0.15) is 0 Å². The Morgan fingerprint density at radius 3 is 2.84 bits per heavy atom. The molecule has 1 saturated carbocycles. The lowest BCUT2D eigenvalue weighted by atomic mass is 9.79. The lowest BCUT2D eigenvalue weighted by Crippen LogP contribution is -2.37. The molecule has 1 amide bonds. The maximum atomic E-state index is 11.9. The quantitative estimate of drug-likeness (QED) is 0.863. The summed E-state index contributed by atoms with van der Waals surface area (Å²) >= 11 is 0. The van der Waals surface area contributed by atoms with Crippen LogP contribution in [0.1, 0.15) is 41.8 Å². The fourth-order valence-corrected chi connectivity index (χ4v) is 2.59. The van der Waals surface area contributed by atoms with Gasteiger partial charge in [-0.2, -0.15) is 0 Å². The summed E-state index contributed by atoms with van der Waals surface area (Å²) in [7, 11) is 0. The van der Waals surface area contributed by atoms with E-state index in [2.05, 4.69) is 10.5 Å². The molecule has 104 valence electrons. The van der Waals surface area contributed by atoms with Crippen molar-refractivity contribution in [3.05, 3.63) is 17.5 Å². The smallest absolute Gasteiger partial charge is 0.306 e. The Balaban J connectivity index is 1.92. The molecule has 1 aliphatic rings. The molecule has 0 saturated heterocycles. The third-order valence-electron chi connectivity index (χ3n) is 3.71. The first-order chi connectivity index (χ1) is 9.09. The summed E-state index contributed by atoms with van der Waals surface area (Å²) in [6.07, 6.45) is 4.98. The largest absolute Gasteiger partial charge is 0.481 e. The van der Waals surface area contributed by atoms with Crippen molar-refractivity contribution in [1.29, 1.82) is 0 Å². The molecule has 1 fully saturated rings. The first-order valence-corrected chi connectivity index (χ1v) is 6.52. The Bertz CT molecular complexity index is 469. The molecule has 0 radical (unpaired) electrons. The number of hydrogen-bond acceptors (Lipinski definition) is 4. The minimum atomic E-state index is -0.769. The summed E-state index contributed by atoms with van der Waals surface area (Å²) in [5.41, 5.74) is 0.677. The Labute approximate surface area is 111 Å². The molecule has 6 heteroatoms. The van der Waals surface area contributed by atoms with Crippen LogP contribution in [0.2, 0.25) is 0 Å². The topological polar surface area (TPSA) is 92.4 Å². The second-order valence-electron chi connectivity index (χ2n) is 5.04. The zero-order valence-electron chi connectivity index (χ0n) is 10.9. The van der Waals surface area contributed by atoms with Crippen LogP contribution in [0.5, 0.6) is 0 Å². The van der Waals surface area contributed by atoms with Gasteiger partial charge in [0.15, 0.2) is 0 Å². The fraction of sp³-hybridized carbons (Fsp3) is 0.615. The van der Waals surface area contributed by atoms with Gasteiger partial charge in [0, 0.05) is 12.1 Å². The van der Waals surface area contributed by atoms with Crippen molar-refractivity contribution < 1.29 is 19.2 Å². The van der Waals surface area contributed by atoms with Crippen LogP contribution < -0.4 is 5.32 Å². The highest BCUT2D eigenvalue weighted by Gasteiger charge is 2.31. The zero-order chi connectivity index (χ0) is 13.8. The van der Waals surface area contributed by atoms with Crippen molar-refractivity contribution >= 4 is 11.9 Å². The van der Waals surface area contributed by atoms with E-state index in [9.17, 15) is 9.59 Å². The van der Waals surface area contributed by atoms with Gasteiger partial charge in [-0.15, -0.1) is 0 Å². The number of carbonyl (C=O) groups is 2. The van der Waals surface area contributed by atoms with Crippen LogP contribution in [0.15, 0.2) is 10.7 Å². The third kappa shape index (κ3) is 3.13. The van der Waals surface area contributed by atoms with Crippen LogP contribution >= 0.6 is 0 Å². The van der Waals surface area contributed by atoms with Crippen molar-refractivity contribution in [3.63, 3.8) is 0 Å². The van der Waals surface area contributed by atoms with Crippen molar-refractivity contribution in [2.45, 2.75) is 32.6 Å². The molecular weight excluding hydrogens is 248 g/mol. The van der Waals surface area contributed by atoms with E-state index in [4.69, 9.17) is 9.63 Å². The summed E-state index contributed by atoms with van der Waals surface area (Å²) < 4.78 is 4.86. The highest BCUT2D eigenvalue weighted by Crippen LogP contribution is 2.29. The number of carbonyl (C=O) groups excluding carboxylic acids is 1. The molecule has 0 aromatic carbocycles. The molecule has 19 heavy (non-hydrogen) atoms. The summed E-state index contributed by atoms with van der Waals surface area (Å²) in [6.45, 7) is 2.11. The molecule has 2 N–H and O–H groups in total. The van der Waals surface area contributed by atoms with E-state index in [0.717, 1.165) is 19.3 Å². The van der Waals surface area contributed by atoms with Crippen molar-refractivity contribution in [2.24, 2.45) is 11.8 Å². The van der Waals surface area contributed by atoms with Crippen LogP contribution in [0.4, 0.5) is 0 Å². The van der Waals surface area contributed by atoms with Crippen molar-refractivity contribution in [3.8, 4) is 0 Å². The van der Waals surface area contributed by atoms with E-state index in [0.29, 0.717) is 18.5 Å². The molecule has 2 rings (SSSR count). The van der Waals surface area contributed by atoms with E-state index >= 15 is 0 Å². The molecule has 0 aliphatic heterocycles. The maximum Gasteiger partial charge on any atom is 0.306 e. The number of aliphatic carboxylic acids is 1. The van der Waals surface area contributed by atoms with Crippen LogP contribution in [0, 0.1) is 18.8 Å². The van der Waals surface area contributed by atoms with Gasteiger partial charge in [-0.25, -0.2) is 0 Å². The molecule has 0 spiro atoms. The summed E-state index contributed by atoms with van der Waals surface area (Å²) in [4.78, 5) is 23.0. The lowest BCUT2D eigenvalue weighted by Gasteiger charge is -2.28. The van der Waals surface area contributed by atoms with Gasteiger partial charge in [-0.05, 0) is 25.7 Å². The number of carboxylic acids is 1. The Kier molecular flexibility index (Phi) is 4.19. The van der Waals surface area contributed by atoms with Crippen LogP contribution in [-0.4, -0.2) is 28.7 Å². The predicted octanol–water partition coefficient (Wildman–Crippen LogP) is 1.60. The standard InChI is InChI=1S/C13H18N2O4/c1-8-6-15-19-11(8)12(16)14-7-9-4-2-3-5-10(9)13(17)18/h6,9-10H,2-5,7H2,1H3,(H,14,16)(H,17,18). The molecule has 0 bridgehead atoms. The number of aromatic nitrogens is 1. The number of nitrogens with one attached hydrogen (secondary N) is 1. The van der Waals surface area contributed by atoms with E-state index < -0.39 is 5.97 Å². The van der Waals surface area contributed by atoms with Crippen LogP contribution in [0.25, 0.3) is 0 Å². The molecule has 1 aliphatic carbocycles. The normalized spacial score (nSPS) is 23.0. The average molecular weight is 266 g/mol. The van der Waals surface area contributed by atoms with Crippen molar-refractivity contribution in [1.82, 2.24) is 10.5 Å². The Morgan fingerprint density at radius 1 is 1.47 bits per heavy atom. The van der Waals surface area contributed by atoms with Gasteiger partial charge in [0.05, 0.1) is 12.1 Å². The summed E-state index contributed by atoms with van der Waals surface area (Å²) in [6, 6.07) is 0. The van der Waals surface area contributed by atoms with Crippen molar-refractivity contribution in [2.75, 3.05) is 6.54 Å². The Morgan fingerprint density at radius 2 is 2.21 bits per heavy atom. The monoisotopic (exact) mass is 266 g/mol. The SMILES string of the molecule is Cc1cnoc1C(=O)NCC1CCCCC1C(=O)O. The first-order valence-electron chi connectivity index (χ1n) is 6.52. The fourth-order valence-electron chi connectivity index (χ4n) is 2.59. The van der Waals surface area contributed by atoms with Gasteiger partial charge < -0.3 is 14.9 Å². The number of rotatable bonds is 4. The minimum Gasteiger partial charge on any atom is -0.481 e. The van der Waals surface area contributed by atoms with E-state index in [1.54, 1.807) is 6.92 Å². The number of amides is 1. The van der Waals surface area contributed by atoms with E-state index in [1.807, 2.05) is 0 Å². The molecule has 2 atom stereocenters. The molecule has 1 heterocycles. The number of aryl methyl sites for hydroxylation is 1. The molecule has 1 aromatic rings. The van der Waals surface area contributed by atoms with Gasteiger partial charge in [0.2, 0.25) is 5.76 Å². The second kappa shape index (κ2) is 5.86. The number of hydrogen-bond donors (Lipinski definition) is 2.